The van der Waals surface area contributed by atoms with Crippen LogP contribution in [-0.2, 0) is 6.54 Å². The smallest absolute Gasteiger partial charge is 0.341 e. The third-order valence-electron chi connectivity index (χ3n) is 3.76. The lowest BCUT2D eigenvalue weighted by Crippen LogP contribution is -2.43. The van der Waals surface area contributed by atoms with E-state index < -0.39 is 28.6 Å². The van der Waals surface area contributed by atoms with Gasteiger partial charge in [0, 0.05) is 25.8 Å². The maximum absolute atomic E-state index is 12.3. The van der Waals surface area contributed by atoms with Crippen molar-refractivity contribution in [2.45, 2.75) is 19.4 Å². The monoisotopic (exact) mass is 278 g/mol. The number of pyridine rings is 1. The minimum Gasteiger partial charge on any atom is -0.503 e. The standard InChI is InChI=1S/C13H14N2O5/c16-10-8(13(19)20)6-14-3-4-15(5-7-1-2-7)12(18)9(14)11(10)17/h6-7,17H,1-5H2,(H,19,20). The summed E-state index contributed by atoms with van der Waals surface area (Å²) in [6.45, 7) is 1.47. The van der Waals surface area contributed by atoms with Gasteiger partial charge in [0.15, 0.2) is 11.4 Å². The molecule has 1 saturated carbocycles. The molecule has 106 valence electrons. The largest absolute Gasteiger partial charge is 0.503 e. The summed E-state index contributed by atoms with van der Waals surface area (Å²) in [5, 5.41) is 18.8. The fraction of sp³-hybridized carbons (Fsp3) is 0.462. The van der Waals surface area contributed by atoms with E-state index in [2.05, 4.69) is 0 Å². The highest BCUT2D eigenvalue weighted by molar-refractivity contribution is 5.97. The first-order valence-corrected chi connectivity index (χ1v) is 6.48. The Morgan fingerprint density at radius 1 is 1.30 bits per heavy atom. The zero-order chi connectivity index (χ0) is 14.4. The second kappa shape index (κ2) is 4.36. The molecular formula is C13H14N2O5. The SMILES string of the molecule is O=C(O)c1cn2c(c(O)c1=O)C(=O)N(CC1CC1)CC2. The molecule has 3 rings (SSSR count). The van der Waals surface area contributed by atoms with E-state index in [0.717, 1.165) is 19.0 Å². The highest BCUT2D eigenvalue weighted by Crippen LogP contribution is 2.31. The van der Waals surface area contributed by atoms with Crippen LogP contribution in [0.5, 0.6) is 5.75 Å². The molecule has 20 heavy (non-hydrogen) atoms. The molecule has 1 amide bonds. The molecule has 7 nitrogen and oxygen atoms in total. The Bertz CT molecular complexity index is 659. The number of aromatic hydroxyl groups is 1. The Kier molecular flexibility index (Phi) is 2.77. The van der Waals surface area contributed by atoms with Crippen LogP contribution in [0.25, 0.3) is 0 Å². The van der Waals surface area contributed by atoms with Crippen LogP contribution in [0.15, 0.2) is 11.0 Å². The Morgan fingerprint density at radius 3 is 2.60 bits per heavy atom. The van der Waals surface area contributed by atoms with Gasteiger partial charge in [-0.25, -0.2) is 4.79 Å². The van der Waals surface area contributed by atoms with Crippen molar-refractivity contribution in [3.8, 4) is 5.75 Å². The quantitative estimate of drug-likeness (QED) is 0.818. The van der Waals surface area contributed by atoms with Gasteiger partial charge < -0.3 is 19.7 Å². The highest BCUT2D eigenvalue weighted by Gasteiger charge is 2.33. The van der Waals surface area contributed by atoms with Gasteiger partial charge in [-0.1, -0.05) is 0 Å². The molecule has 0 saturated heterocycles. The van der Waals surface area contributed by atoms with E-state index in [-0.39, 0.29) is 5.69 Å². The highest BCUT2D eigenvalue weighted by atomic mass is 16.4. The number of nitrogens with zero attached hydrogens (tertiary/aromatic N) is 2. The maximum Gasteiger partial charge on any atom is 0.341 e. The first-order chi connectivity index (χ1) is 9.49. The molecule has 1 aliphatic carbocycles. The summed E-state index contributed by atoms with van der Waals surface area (Å²) in [5.41, 5.74) is -1.63. The number of aromatic carboxylic acids is 1. The maximum atomic E-state index is 12.3. The number of fused-ring (bicyclic) bond motifs is 1. The van der Waals surface area contributed by atoms with Crippen LogP contribution in [0.1, 0.15) is 33.7 Å². The molecule has 1 aromatic heterocycles. The van der Waals surface area contributed by atoms with Crippen molar-refractivity contribution in [2.24, 2.45) is 5.92 Å². The average molecular weight is 278 g/mol. The second-order valence-corrected chi connectivity index (χ2v) is 5.26. The molecule has 1 aliphatic heterocycles. The number of carbonyl (C=O) groups is 2. The van der Waals surface area contributed by atoms with E-state index in [4.69, 9.17) is 5.11 Å². The third kappa shape index (κ3) is 1.95. The molecule has 2 heterocycles. The molecule has 0 spiro atoms. The number of carbonyl (C=O) groups excluding carboxylic acids is 1. The van der Waals surface area contributed by atoms with E-state index in [1.807, 2.05) is 0 Å². The zero-order valence-electron chi connectivity index (χ0n) is 10.7. The normalized spacial score (nSPS) is 18.0. The molecule has 1 aromatic rings. The van der Waals surface area contributed by atoms with Crippen molar-refractivity contribution in [1.29, 1.82) is 0 Å². The lowest BCUT2D eigenvalue weighted by atomic mass is 10.1. The number of hydrogen-bond acceptors (Lipinski definition) is 4. The number of aromatic nitrogens is 1. The van der Waals surface area contributed by atoms with Crippen LogP contribution in [-0.4, -0.2) is 44.6 Å². The van der Waals surface area contributed by atoms with Gasteiger partial charge in [0.25, 0.3) is 5.91 Å². The van der Waals surface area contributed by atoms with Crippen molar-refractivity contribution in [2.75, 3.05) is 13.1 Å². The summed E-state index contributed by atoms with van der Waals surface area (Å²) in [4.78, 5) is 36.6. The molecule has 0 bridgehead atoms. The van der Waals surface area contributed by atoms with Gasteiger partial charge in [-0.05, 0) is 18.8 Å². The van der Waals surface area contributed by atoms with Crippen LogP contribution < -0.4 is 5.43 Å². The number of carboxylic acids is 1. The molecule has 2 aliphatic rings. The molecular weight excluding hydrogens is 264 g/mol. The number of carboxylic acid groups (broad SMARTS) is 1. The van der Waals surface area contributed by atoms with Crippen molar-refractivity contribution in [3.63, 3.8) is 0 Å². The minimum atomic E-state index is -1.41. The van der Waals surface area contributed by atoms with E-state index in [9.17, 15) is 19.5 Å². The Hall–Kier alpha value is -2.31. The molecule has 2 N–H and O–H groups in total. The molecule has 0 unspecified atom stereocenters. The Labute approximate surface area is 114 Å². The third-order valence-corrected chi connectivity index (χ3v) is 3.76. The summed E-state index contributed by atoms with van der Waals surface area (Å²) in [7, 11) is 0. The van der Waals surface area contributed by atoms with E-state index in [0.29, 0.717) is 25.6 Å². The van der Waals surface area contributed by atoms with Gasteiger partial charge in [-0.15, -0.1) is 0 Å². The van der Waals surface area contributed by atoms with Gasteiger partial charge in [0.05, 0.1) is 0 Å². The van der Waals surface area contributed by atoms with E-state index in [1.165, 1.54) is 4.57 Å². The van der Waals surface area contributed by atoms with Crippen LogP contribution in [0.3, 0.4) is 0 Å². The van der Waals surface area contributed by atoms with Gasteiger partial charge in [-0.2, -0.15) is 0 Å². The summed E-state index contributed by atoms with van der Waals surface area (Å²) in [5.74, 6) is -2.07. The first-order valence-electron chi connectivity index (χ1n) is 6.48. The summed E-state index contributed by atoms with van der Waals surface area (Å²) in [6, 6.07) is 0. The lowest BCUT2D eigenvalue weighted by Gasteiger charge is -2.30. The Balaban J connectivity index is 2.03. The number of rotatable bonds is 3. The first kappa shape index (κ1) is 12.7. The van der Waals surface area contributed by atoms with Crippen LogP contribution in [0.2, 0.25) is 0 Å². The fourth-order valence-corrected chi connectivity index (χ4v) is 2.47. The molecule has 0 atom stereocenters. The number of amides is 1. The van der Waals surface area contributed by atoms with E-state index >= 15 is 0 Å². The van der Waals surface area contributed by atoms with E-state index in [1.54, 1.807) is 4.90 Å². The molecule has 0 radical (unpaired) electrons. The minimum absolute atomic E-state index is 0.105. The topological polar surface area (TPSA) is 99.8 Å². The van der Waals surface area contributed by atoms with Gasteiger partial charge >= 0.3 is 5.97 Å². The second-order valence-electron chi connectivity index (χ2n) is 5.26. The number of hydrogen-bond donors (Lipinski definition) is 2. The predicted molar refractivity (Wildman–Crippen MR) is 68.0 cm³/mol. The van der Waals surface area contributed by atoms with Crippen molar-refractivity contribution in [1.82, 2.24) is 9.47 Å². The van der Waals surface area contributed by atoms with Crippen LogP contribution in [0.4, 0.5) is 0 Å². The predicted octanol–water partition coefficient (Wildman–Crippen LogP) is 0.118. The van der Waals surface area contributed by atoms with Gasteiger partial charge in [0.2, 0.25) is 5.43 Å². The average Bonchev–Trinajstić information content (AvgIpc) is 3.20. The fourth-order valence-electron chi connectivity index (χ4n) is 2.47. The van der Waals surface area contributed by atoms with Crippen LogP contribution >= 0.6 is 0 Å². The summed E-state index contributed by atoms with van der Waals surface area (Å²) < 4.78 is 1.35. The van der Waals surface area contributed by atoms with Crippen molar-refractivity contribution >= 4 is 11.9 Å². The molecule has 1 fully saturated rings. The lowest BCUT2D eigenvalue weighted by molar-refractivity contribution is 0.0666. The van der Waals surface area contributed by atoms with Gasteiger partial charge in [-0.3, -0.25) is 9.59 Å². The Morgan fingerprint density at radius 2 is 2.00 bits per heavy atom. The zero-order valence-corrected chi connectivity index (χ0v) is 10.7. The van der Waals surface area contributed by atoms with Crippen molar-refractivity contribution in [3.05, 3.63) is 27.7 Å². The summed E-state index contributed by atoms with van der Waals surface area (Å²) in [6.07, 6.45) is 3.33. The summed E-state index contributed by atoms with van der Waals surface area (Å²) >= 11 is 0. The van der Waals surface area contributed by atoms with Crippen molar-refractivity contribution < 1.29 is 19.8 Å². The van der Waals surface area contributed by atoms with Crippen LogP contribution in [0, 0.1) is 5.92 Å². The molecule has 7 heteroatoms. The van der Waals surface area contributed by atoms with Gasteiger partial charge in [0.1, 0.15) is 5.56 Å². The molecule has 0 aromatic carbocycles.